The summed E-state index contributed by atoms with van der Waals surface area (Å²) in [4.78, 5) is 29.2. The molecular weight excluding hydrogens is 420 g/mol. The van der Waals surface area contributed by atoms with Crippen LogP contribution in [0.5, 0.6) is 11.5 Å². The van der Waals surface area contributed by atoms with Crippen molar-refractivity contribution in [2.75, 3.05) is 45.3 Å². The van der Waals surface area contributed by atoms with E-state index < -0.39 is 0 Å². The highest BCUT2D eigenvalue weighted by Gasteiger charge is 2.22. The Hall–Kier alpha value is -3.81. The number of anilines is 1. The molecule has 0 bridgehead atoms. The van der Waals surface area contributed by atoms with Crippen LogP contribution in [0.2, 0.25) is 0 Å². The summed E-state index contributed by atoms with van der Waals surface area (Å²) in [6.07, 6.45) is 0.230. The Kier molecular flexibility index (Phi) is 6.92. The zero-order valence-corrected chi connectivity index (χ0v) is 18.9. The number of amides is 1. The number of carbonyl (C=O) groups excluding carboxylic acids is 1. The zero-order valence-electron chi connectivity index (χ0n) is 18.9. The van der Waals surface area contributed by atoms with Crippen LogP contribution in [0.3, 0.4) is 0 Å². The van der Waals surface area contributed by atoms with Crippen molar-refractivity contribution in [1.82, 2.24) is 14.7 Å². The van der Waals surface area contributed by atoms with Gasteiger partial charge in [-0.05, 0) is 42.5 Å². The number of nitrogens with zero attached hydrogens (tertiary/aromatic N) is 4. The summed E-state index contributed by atoms with van der Waals surface area (Å²) in [5.74, 6) is 1.61. The second-order valence-corrected chi connectivity index (χ2v) is 7.80. The molecule has 2 aromatic carbocycles. The van der Waals surface area contributed by atoms with Crippen molar-refractivity contribution >= 4 is 11.6 Å². The van der Waals surface area contributed by atoms with Gasteiger partial charge in [-0.1, -0.05) is 12.1 Å². The summed E-state index contributed by atoms with van der Waals surface area (Å²) in [7, 11) is 3.28. The minimum atomic E-state index is -0.221. The Morgan fingerprint density at radius 3 is 2.33 bits per heavy atom. The number of benzene rings is 2. The molecular formula is C25H28N4O4. The molecule has 1 amide bonds. The van der Waals surface area contributed by atoms with E-state index in [0.717, 1.165) is 35.8 Å². The van der Waals surface area contributed by atoms with Crippen LogP contribution in [0.4, 0.5) is 5.69 Å². The number of piperazine rings is 1. The van der Waals surface area contributed by atoms with Crippen molar-refractivity contribution < 1.29 is 14.3 Å². The number of aromatic nitrogens is 2. The van der Waals surface area contributed by atoms with Gasteiger partial charge in [0, 0.05) is 44.2 Å². The Balaban J connectivity index is 1.36. The Morgan fingerprint density at radius 1 is 0.909 bits per heavy atom. The van der Waals surface area contributed by atoms with E-state index >= 15 is 0 Å². The minimum Gasteiger partial charge on any atom is -0.497 e. The predicted octanol–water partition coefficient (Wildman–Crippen LogP) is 2.67. The first-order chi connectivity index (χ1) is 16.1. The smallest absolute Gasteiger partial charge is 0.266 e. The van der Waals surface area contributed by atoms with Gasteiger partial charge < -0.3 is 19.3 Å². The molecule has 2 heterocycles. The fourth-order valence-electron chi connectivity index (χ4n) is 3.97. The Morgan fingerprint density at radius 2 is 1.64 bits per heavy atom. The molecule has 0 radical (unpaired) electrons. The van der Waals surface area contributed by atoms with Crippen LogP contribution in [0.15, 0.2) is 65.5 Å². The van der Waals surface area contributed by atoms with Gasteiger partial charge in [-0.2, -0.15) is 5.10 Å². The van der Waals surface area contributed by atoms with Crippen LogP contribution in [-0.2, 0) is 11.3 Å². The standard InChI is InChI=1S/C25H28N4O4/c1-32-20-9-7-19(8-10-20)21-11-12-25(31)29(26-21)14-13-24(30)28-17-15-27(16-18-28)22-5-3-4-6-23(22)33-2/h3-12H,13-18H2,1-2H3. The maximum Gasteiger partial charge on any atom is 0.266 e. The molecule has 8 heteroatoms. The van der Waals surface area contributed by atoms with E-state index in [4.69, 9.17) is 9.47 Å². The number of hydrogen-bond donors (Lipinski definition) is 0. The number of ether oxygens (including phenoxy) is 2. The third-order valence-electron chi connectivity index (χ3n) is 5.85. The molecule has 1 saturated heterocycles. The first-order valence-electron chi connectivity index (χ1n) is 11.0. The second-order valence-electron chi connectivity index (χ2n) is 7.80. The highest BCUT2D eigenvalue weighted by molar-refractivity contribution is 5.76. The number of carbonyl (C=O) groups is 1. The topological polar surface area (TPSA) is 76.9 Å². The van der Waals surface area contributed by atoms with Crippen molar-refractivity contribution in [2.45, 2.75) is 13.0 Å². The third kappa shape index (κ3) is 5.16. The van der Waals surface area contributed by atoms with Crippen molar-refractivity contribution in [3.63, 3.8) is 0 Å². The fraction of sp³-hybridized carbons (Fsp3) is 0.320. The molecule has 0 spiro atoms. The second kappa shape index (κ2) is 10.2. The van der Waals surface area contributed by atoms with E-state index in [2.05, 4.69) is 10.00 Å². The van der Waals surface area contributed by atoms with Gasteiger partial charge in [-0.3, -0.25) is 9.59 Å². The van der Waals surface area contributed by atoms with E-state index in [9.17, 15) is 9.59 Å². The molecule has 1 fully saturated rings. The molecule has 0 unspecified atom stereocenters. The van der Waals surface area contributed by atoms with Crippen LogP contribution < -0.4 is 19.9 Å². The summed E-state index contributed by atoms with van der Waals surface area (Å²) >= 11 is 0. The first-order valence-corrected chi connectivity index (χ1v) is 11.0. The summed E-state index contributed by atoms with van der Waals surface area (Å²) in [5, 5.41) is 4.46. The monoisotopic (exact) mass is 448 g/mol. The molecule has 3 aromatic rings. The molecule has 172 valence electrons. The lowest BCUT2D eigenvalue weighted by Crippen LogP contribution is -2.49. The van der Waals surface area contributed by atoms with Crippen molar-refractivity contribution in [1.29, 1.82) is 0 Å². The Labute approximate surface area is 193 Å². The lowest BCUT2D eigenvalue weighted by molar-refractivity contribution is -0.131. The number of aryl methyl sites for hydroxylation is 1. The summed E-state index contributed by atoms with van der Waals surface area (Å²) in [6.45, 7) is 2.97. The molecule has 4 rings (SSSR count). The van der Waals surface area contributed by atoms with Gasteiger partial charge in [0.15, 0.2) is 0 Å². The molecule has 33 heavy (non-hydrogen) atoms. The third-order valence-corrected chi connectivity index (χ3v) is 5.85. The molecule has 0 aliphatic carbocycles. The lowest BCUT2D eigenvalue weighted by Gasteiger charge is -2.36. The van der Waals surface area contributed by atoms with E-state index in [-0.39, 0.29) is 24.4 Å². The quantitative estimate of drug-likeness (QED) is 0.553. The molecule has 1 aliphatic rings. The van der Waals surface area contributed by atoms with Crippen LogP contribution in [0, 0.1) is 0 Å². The molecule has 0 N–H and O–H groups in total. The van der Waals surface area contributed by atoms with Crippen LogP contribution in [0.25, 0.3) is 11.3 Å². The fourth-order valence-corrected chi connectivity index (χ4v) is 3.97. The summed E-state index contributed by atoms with van der Waals surface area (Å²) < 4.78 is 12.0. The van der Waals surface area contributed by atoms with E-state index in [1.54, 1.807) is 20.3 Å². The zero-order chi connectivity index (χ0) is 23.2. The number of hydrogen-bond acceptors (Lipinski definition) is 6. The van der Waals surface area contributed by atoms with E-state index in [1.807, 2.05) is 53.4 Å². The highest BCUT2D eigenvalue weighted by atomic mass is 16.5. The minimum absolute atomic E-state index is 0.0261. The lowest BCUT2D eigenvalue weighted by atomic mass is 10.1. The molecule has 0 atom stereocenters. The molecule has 8 nitrogen and oxygen atoms in total. The van der Waals surface area contributed by atoms with Crippen molar-refractivity contribution in [3.05, 3.63) is 71.0 Å². The van der Waals surface area contributed by atoms with Crippen LogP contribution >= 0.6 is 0 Å². The SMILES string of the molecule is COc1ccc(-c2ccc(=O)n(CCC(=O)N3CCN(c4ccccc4OC)CC3)n2)cc1. The molecule has 1 aromatic heterocycles. The predicted molar refractivity (Wildman–Crippen MR) is 127 cm³/mol. The van der Waals surface area contributed by atoms with Crippen molar-refractivity contribution in [2.24, 2.45) is 0 Å². The average Bonchev–Trinajstić information content (AvgIpc) is 2.88. The van der Waals surface area contributed by atoms with E-state index in [0.29, 0.717) is 18.8 Å². The normalized spacial score (nSPS) is 13.6. The summed E-state index contributed by atoms with van der Waals surface area (Å²) in [6, 6.07) is 18.6. The van der Waals surface area contributed by atoms with E-state index in [1.165, 1.54) is 10.7 Å². The maximum absolute atomic E-state index is 12.8. The largest absolute Gasteiger partial charge is 0.497 e. The van der Waals surface area contributed by atoms with Gasteiger partial charge in [-0.25, -0.2) is 4.68 Å². The number of methoxy groups -OCH3 is 2. The van der Waals surface area contributed by atoms with Crippen LogP contribution in [-0.4, -0.2) is 61.0 Å². The average molecular weight is 449 g/mol. The van der Waals surface area contributed by atoms with Crippen LogP contribution in [0.1, 0.15) is 6.42 Å². The van der Waals surface area contributed by atoms with Gasteiger partial charge >= 0.3 is 0 Å². The number of para-hydroxylation sites is 2. The highest BCUT2D eigenvalue weighted by Crippen LogP contribution is 2.28. The van der Waals surface area contributed by atoms with Gasteiger partial charge in [0.05, 0.1) is 32.1 Å². The first kappa shape index (κ1) is 22.4. The van der Waals surface area contributed by atoms with Crippen molar-refractivity contribution in [3.8, 4) is 22.8 Å². The van der Waals surface area contributed by atoms with Gasteiger partial charge in [0.25, 0.3) is 5.56 Å². The molecule has 1 aliphatic heterocycles. The maximum atomic E-state index is 12.8. The van der Waals surface area contributed by atoms with Gasteiger partial charge in [0.2, 0.25) is 5.91 Å². The van der Waals surface area contributed by atoms with Gasteiger partial charge in [-0.15, -0.1) is 0 Å². The molecule has 0 saturated carbocycles. The Bertz CT molecular complexity index is 1150. The van der Waals surface area contributed by atoms with Gasteiger partial charge in [0.1, 0.15) is 11.5 Å². The summed E-state index contributed by atoms with van der Waals surface area (Å²) in [5.41, 5.74) is 2.37. The number of rotatable bonds is 7.